The molecule has 0 bridgehead atoms. The van der Waals surface area contributed by atoms with Crippen LogP contribution in [-0.2, 0) is 14.3 Å². The number of benzene rings is 1. The Bertz CT molecular complexity index is 838. The third-order valence-corrected chi connectivity index (χ3v) is 6.68. The number of amides is 1. The quantitative estimate of drug-likeness (QED) is 0.198. The van der Waals surface area contributed by atoms with Crippen molar-refractivity contribution in [1.29, 1.82) is 0 Å². The summed E-state index contributed by atoms with van der Waals surface area (Å²) in [6.07, 6.45) is 11.3. The molecular weight excluding hydrogens is 428 g/mol. The van der Waals surface area contributed by atoms with Crippen molar-refractivity contribution >= 4 is 17.6 Å². The molecule has 0 spiro atoms. The summed E-state index contributed by atoms with van der Waals surface area (Å²) < 4.78 is 12.3. The van der Waals surface area contributed by atoms with E-state index in [1.807, 2.05) is 12.2 Å². The number of ether oxygens (including phenoxy) is 2. The lowest BCUT2D eigenvalue weighted by molar-refractivity contribution is -0.906. The molecule has 2 rings (SSSR count). The molecule has 0 radical (unpaired) electrons. The molecule has 1 aliphatic rings. The molecule has 0 aromatic heterocycles. The van der Waals surface area contributed by atoms with Crippen molar-refractivity contribution in [2.45, 2.75) is 65.7 Å². The van der Waals surface area contributed by atoms with Crippen LogP contribution in [-0.4, -0.2) is 56.3 Å². The Balaban J connectivity index is 1.88. The van der Waals surface area contributed by atoms with Gasteiger partial charge in [-0.25, -0.2) is 4.79 Å². The largest absolute Gasteiger partial charge is 0.493 e. The number of esters is 1. The van der Waals surface area contributed by atoms with Crippen molar-refractivity contribution in [1.82, 2.24) is 0 Å². The lowest BCUT2D eigenvalue weighted by Crippen LogP contribution is -2.46. The van der Waals surface area contributed by atoms with Gasteiger partial charge in [-0.15, -0.1) is 0 Å². The van der Waals surface area contributed by atoms with Crippen LogP contribution >= 0.6 is 0 Å². The number of nitrogens with one attached hydrogen (secondary N) is 1. The van der Waals surface area contributed by atoms with Gasteiger partial charge in [0.1, 0.15) is 18.9 Å². The summed E-state index contributed by atoms with van der Waals surface area (Å²) in [5.41, 5.74) is 1.79. The monoisotopic (exact) mass is 471 g/mol. The first kappa shape index (κ1) is 27.6. The molecule has 188 valence electrons. The number of quaternary nitrogens is 1. The smallest absolute Gasteiger partial charge is 0.338 e. The second kappa shape index (κ2) is 14.6. The number of rotatable bonds is 15. The van der Waals surface area contributed by atoms with E-state index in [0.29, 0.717) is 42.2 Å². The first-order valence-corrected chi connectivity index (χ1v) is 12.9. The highest BCUT2D eigenvalue weighted by molar-refractivity contribution is 6.04. The Labute approximate surface area is 205 Å². The van der Waals surface area contributed by atoms with Gasteiger partial charge < -0.3 is 19.3 Å². The molecule has 0 heterocycles. The van der Waals surface area contributed by atoms with Gasteiger partial charge in [0.05, 0.1) is 37.9 Å². The minimum Gasteiger partial charge on any atom is -0.493 e. The molecule has 0 atom stereocenters. The van der Waals surface area contributed by atoms with Gasteiger partial charge in [0, 0.05) is 5.69 Å². The summed E-state index contributed by atoms with van der Waals surface area (Å²) >= 11 is 0. The standard InChI is InChI=1S/C28H42N2O4/c1-5-8-9-10-13-21-33-26-15-12-11-14-25(26)27(31)29-24-18-16-23(17-19-24)28(32)34-22-20-30(4,6-2)7-3/h12,15-19H,5-11,13-14,20-22H2,1-4H3/p+1. The normalized spacial score (nSPS) is 13.6. The van der Waals surface area contributed by atoms with E-state index in [9.17, 15) is 9.59 Å². The number of unbranched alkanes of at least 4 members (excludes halogenated alkanes) is 4. The molecule has 0 saturated heterocycles. The number of hydrogen-bond donors (Lipinski definition) is 1. The van der Waals surface area contributed by atoms with Crippen LogP contribution in [0.25, 0.3) is 0 Å². The minimum atomic E-state index is -0.341. The maximum atomic E-state index is 12.9. The van der Waals surface area contributed by atoms with E-state index in [1.165, 1.54) is 19.3 Å². The van der Waals surface area contributed by atoms with Gasteiger partial charge in [-0.05, 0) is 63.5 Å². The van der Waals surface area contributed by atoms with Crippen molar-refractivity contribution < 1.29 is 23.5 Å². The average molecular weight is 472 g/mol. The Morgan fingerprint density at radius 2 is 1.68 bits per heavy atom. The number of allylic oxidation sites excluding steroid dienone is 2. The highest BCUT2D eigenvalue weighted by atomic mass is 16.5. The van der Waals surface area contributed by atoms with Crippen LogP contribution in [0.15, 0.2) is 47.7 Å². The topological polar surface area (TPSA) is 64.6 Å². The summed E-state index contributed by atoms with van der Waals surface area (Å²) in [7, 11) is 2.16. The third-order valence-electron chi connectivity index (χ3n) is 6.68. The van der Waals surface area contributed by atoms with Crippen molar-refractivity contribution in [3.8, 4) is 0 Å². The predicted molar refractivity (Wildman–Crippen MR) is 138 cm³/mol. The van der Waals surface area contributed by atoms with E-state index in [0.717, 1.165) is 43.4 Å². The van der Waals surface area contributed by atoms with Crippen molar-refractivity contribution in [3.63, 3.8) is 0 Å². The fourth-order valence-electron chi connectivity index (χ4n) is 3.77. The third kappa shape index (κ3) is 8.98. The van der Waals surface area contributed by atoms with Crippen LogP contribution < -0.4 is 5.32 Å². The molecule has 0 aliphatic heterocycles. The summed E-state index contributed by atoms with van der Waals surface area (Å²) in [5.74, 6) is 0.173. The Morgan fingerprint density at radius 1 is 0.971 bits per heavy atom. The van der Waals surface area contributed by atoms with E-state index in [2.05, 4.69) is 33.1 Å². The van der Waals surface area contributed by atoms with Gasteiger partial charge >= 0.3 is 5.97 Å². The number of hydrogen-bond acceptors (Lipinski definition) is 4. The molecule has 1 aliphatic carbocycles. The van der Waals surface area contributed by atoms with Gasteiger partial charge in [-0.3, -0.25) is 4.79 Å². The van der Waals surface area contributed by atoms with Gasteiger partial charge in [-0.2, -0.15) is 0 Å². The SMILES string of the molecule is CCCCCCCOC1=C(C(=O)Nc2ccc(C(=O)OCC[N+](C)(CC)CC)cc2)CCC=C1. The first-order valence-electron chi connectivity index (χ1n) is 12.9. The summed E-state index contributed by atoms with van der Waals surface area (Å²) in [6.45, 7) is 10.3. The van der Waals surface area contributed by atoms with Crippen LogP contribution in [0.1, 0.15) is 76.1 Å². The zero-order chi connectivity index (χ0) is 24.8. The average Bonchev–Trinajstić information content (AvgIpc) is 2.86. The van der Waals surface area contributed by atoms with E-state index >= 15 is 0 Å². The number of nitrogens with zero attached hydrogens (tertiary/aromatic N) is 1. The molecule has 1 aromatic rings. The van der Waals surface area contributed by atoms with Gasteiger partial charge in [0.15, 0.2) is 0 Å². The molecule has 0 saturated carbocycles. The van der Waals surface area contributed by atoms with E-state index in [1.54, 1.807) is 24.3 Å². The summed E-state index contributed by atoms with van der Waals surface area (Å²) in [6, 6.07) is 6.85. The zero-order valence-corrected chi connectivity index (χ0v) is 21.5. The van der Waals surface area contributed by atoms with E-state index < -0.39 is 0 Å². The van der Waals surface area contributed by atoms with Gasteiger partial charge in [0.2, 0.25) is 0 Å². The van der Waals surface area contributed by atoms with E-state index in [-0.39, 0.29) is 11.9 Å². The fourth-order valence-corrected chi connectivity index (χ4v) is 3.77. The Hall–Kier alpha value is -2.60. The second-order valence-corrected chi connectivity index (χ2v) is 9.19. The fraction of sp³-hybridized carbons (Fsp3) is 0.571. The molecule has 0 unspecified atom stereocenters. The molecule has 1 aromatic carbocycles. The molecule has 0 fully saturated rings. The zero-order valence-electron chi connectivity index (χ0n) is 21.5. The van der Waals surface area contributed by atoms with Gasteiger partial charge in [0.25, 0.3) is 5.91 Å². The maximum Gasteiger partial charge on any atom is 0.338 e. The first-order chi connectivity index (χ1) is 16.4. The van der Waals surface area contributed by atoms with Crippen LogP contribution in [0.2, 0.25) is 0 Å². The van der Waals surface area contributed by atoms with E-state index in [4.69, 9.17) is 9.47 Å². The molecular formula is C28H43N2O4+. The number of likely N-dealkylation sites (N-methyl/N-ethyl adjacent to an activating group) is 1. The van der Waals surface area contributed by atoms with Gasteiger partial charge in [-0.1, -0.05) is 38.7 Å². The Morgan fingerprint density at radius 3 is 2.35 bits per heavy atom. The van der Waals surface area contributed by atoms with Crippen LogP contribution in [0, 0.1) is 0 Å². The highest BCUT2D eigenvalue weighted by Gasteiger charge is 2.19. The van der Waals surface area contributed by atoms with Crippen molar-refractivity contribution in [3.05, 3.63) is 53.3 Å². The summed E-state index contributed by atoms with van der Waals surface area (Å²) in [5, 5.41) is 2.94. The number of anilines is 1. The lowest BCUT2D eigenvalue weighted by Gasteiger charge is -2.31. The van der Waals surface area contributed by atoms with Crippen molar-refractivity contribution in [2.24, 2.45) is 0 Å². The highest BCUT2D eigenvalue weighted by Crippen LogP contribution is 2.22. The molecule has 34 heavy (non-hydrogen) atoms. The number of carbonyl (C=O) groups is 2. The molecule has 1 amide bonds. The number of carbonyl (C=O) groups excluding carboxylic acids is 2. The Kier molecular flexibility index (Phi) is 11.9. The van der Waals surface area contributed by atoms with Crippen molar-refractivity contribution in [2.75, 3.05) is 45.2 Å². The molecule has 6 heteroatoms. The predicted octanol–water partition coefficient (Wildman–Crippen LogP) is 5.86. The maximum absolute atomic E-state index is 12.9. The minimum absolute atomic E-state index is 0.156. The van der Waals surface area contributed by atoms with Crippen LogP contribution in [0.4, 0.5) is 5.69 Å². The lowest BCUT2D eigenvalue weighted by atomic mass is 10.0. The molecule has 1 N–H and O–H groups in total. The summed E-state index contributed by atoms with van der Waals surface area (Å²) in [4.78, 5) is 25.3. The molecule has 6 nitrogen and oxygen atoms in total. The second-order valence-electron chi connectivity index (χ2n) is 9.19. The van der Waals surface area contributed by atoms with Crippen LogP contribution in [0.5, 0.6) is 0 Å². The van der Waals surface area contributed by atoms with Crippen LogP contribution in [0.3, 0.4) is 0 Å².